The van der Waals surface area contributed by atoms with E-state index in [1.54, 1.807) is 24.3 Å². The Morgan fingerprint density at radius 1 is 0.966 bits per heavy atom. The molecule has 0 saturated carbocycles. The van der Waals surface area contributed by atoms with Gasteiger partial charge in [0.15, 0.2) is 11.7 Å². The van der Waals surface area contributed by atoms with Crippen LogP contribution in [0.1, 0.15) is 37.0 Å². The summed E-state index contributed by atoms with van der Waals surface area (Å²) in [6.07, 6.45) is 5.79. The second-order valence-electron chi connectivity index (χ2n) is 6.68. The minimum atomic E-state index is -1.22. The lowest BCUT2D eigenvalue weighted by Crippen LogP contribution is -1.93. The molecule has 4 heteroatoms. The van der Waals surface area contributed by atoms with E-state index in [0.29, 0.717) is 17.7 Å². The van der Waals surface area contributed by atoms with Gasteiger partial charge in [-0.3, -0.25) is 0 Å². The predicted octanol–water partition coefficient (Wildman–Crippen LogP) is 7.65. The van der Waals surface area contributed by atoms with Crippen LogP contribution in [0.25, 0.3) is 22.4 Å². The molecule has 0 aliphatic carbocycles. The Hall–Kier alpha value is -3.01. The van der Waals surface area contributed by atoms with Gasteiger partial charge in [0.25, 0.3) is 0 Å². The maximum absolute atomic E-state index is 14.9. The lowest BCUT2D eigenvalue weighted by atomic mass is 10.00. The number of halogens is 3. The van der Waals surface area contributed by atoms with Gasteiger partial charge in [0, 0.05) is 16.5 Å². The predicted molar refractivity (Wildman–Crippen MR) is 114 cm³/mol. The van der Waals surface area contributed by atoms with Crippen LogP contribution in [0.2, 0.25) is 0 Å². The van der Waals surface area contributed by atoms with Gasteiger partial charge in [-0.15, -0.1) is 0 Å². The van der Waals surface area contributed by atoms with Gasteiger partial charge in [0.1, 0.15) is 11.6 Å². The van der Waals surface area contributed by atoms with Crippen molar-refractivity contribution in [2.24, 2.45) is 0 Å². The van der Waals surface area contributed by atoms with Crippen LogP contribution in [0.3, 0.4) is 0 Å². The Morgan fingerprint density at radius 2 is 1.72 bits per heavy atom. The fourth-order valence-corrected chi connectivity index (χ4v) is 3.19. The molecule has 0 heterocycles. The highest BCUT2D eigenvalue weighted by molar-refractivity contribution is 5.91. The molecule has 0 radical (unpaired) electrons. The van der Waals surface area contributed by atoms with Crippen LogP contribution in [0.15, 0.2) is 66.7 Å². The smallest absolute Gasteiger partial charge is 0.169 e. The van der Waals surface area contributed by atoms with Crippen molar-refractivity contribution < 1.29 is 17.9 Å². The van der Waals surface area contributed by atoms with E-state index in [4.69, 9.17) is 4.74 Å². The van der Waals surface area contributed by atoms with E-state index >= 15 is 0 Å². The molecule has 0 atom stereocenters. The van der Waals surface area contributed by atoms with Gasteiger partial charge in [-0.2, -0.15) is 0 Å². The highest BCUT2D eigenvalue weighted by Gasteiger charge is 2.17. The third kappa shape index (κ3) is 4.70. The third-order valence-corrected chi connectivity index (χ3v) is 4.70. The highest BCUT2D eigenvalue weighted by atomic mass is 19.2. The van der Waals surface area contributed by atoms with E-state index in [-0.39, 0.29) is 16.5 Å². The van der Waals surface area contributed by atoms with Gasteiger partial charge in [-0.1, -0.05) is 36.4 Å². The number of aryl methyl sites for hydroxylation is 1. The monoisotopic (exact) mass is 396 g/mol. The molecule has 0 N–H and O–H groups in total. The number of fused-ring (bicyclic) bond motifs is 1. The number of hydrogen-bond acceptors (Lipinski definition) is 1. The van der Waals surface area contributed by atoms with Crippen LogP contribution >= 0.6 is 0 Å². The lowest BCUT2D eigenvalue weighted by Gasteiger charge is -2.09. The Kier molecular flexibility index (Phi) is 6.76. The van der Waals surface area contributed by atoms with Gasteiger partial charge in [0.05, 0.1) is 6.61 Å². The molecule has 0 fully saturated rings. The van der Waals surface area contributed by atoms with E-state index in [1.807, 2.05) is 32.1 Å². The van der Waals surface area contributed by atoms with E-state index < -0.39 is 17.5 Å². The second kappa shape index (κ2) is 9.46. The SMILES string of the molecule is C/C=C/CCc1ccc2c(F)c(C(F)=C(F)c3ccc(OCC)cc3)ccc2c1. The first-order chi connectivity index (χ1) is 14.0. The Morgan fingerprint density at radius 3 is 2.41 bits per heavy atom. The summed E-state index contributed by atoms with van der Waals surface area (Å²) in [5.74, 6) is -2.52. The van der Waals surface area contributed by atoms with Crippen molar-refractivity contribution in [3.8, 4) is 5.75 Å². The van der Waals surface area contributed by atoms with Crippen molar-refractivity contribution in [2.75, 3.05) is 6.61 Å². The lowest BCUT2D eigenvalue weighted by molar-refractivity contribution is 0.340. The summed E-state index contributed by atoms with van der Waals surface area (Å²) in [7, 11) is 0. The average molecular weight is 396 g/mol. The molecule has 0 amide bonds. The fraction of sp³-hybridized carbons (Fsp3) is 0.200. The summed E-state index contributed by atoms with van der Waals surface area (Å²) in [6, 6.07) is 14.2. The molecule has 0 spiro atoms. The number of ether oxygens (including phenoxy) is 1. The first kappa shape index (κ1) is 20.7. The fourth-order valence-electron chi connectivity index (χ4n) is 3.19. The van der Waals surface area contributed by atoms with Gasteiger partial charge in [0.2, 0.25) is 0 Å². The van der Waals surface area contributed by atoms with E-state index in [2.05, 4.69) is 6.08 Å². The second-order valence-corrected chi connectivity index (χ2v) is 6.68. The van der Waals surface area contributed by atoms with Crippen LogP contribution in [0.4, 0.5) is 13.2 Å². The average Bonchev–Trinajstić information content (AvgIpc) is 2.74. The summed E-state index contributed by atoms with van der Waals surface area (Å²) in [6.45, 7) is 4.28. The maximum Gasteiger partial charge on any atom is 0.169 e. The summed E-state index contributed by atoms with van der Waals surface area (Å²) in [4.78, 5) is 0. The first-order valence-corrected chi connectivity index (χ1v) is 9.66. The molecule has 0 aliphatic heterocycles. The van der Waals surface area contributed by atoms with E-state index in [0.717, 1.165) is 18.4 Å². The number of benzene rings is 3. The molecule has 3 rings (SSSR count). The van der Waals surface area contributed by atoms with Crippen LogP contribution < -0.4 is 4.74 Å². The quantitative estimate of drug-likeness (QED) is 0.294. The van der Waals surface area contributed by atoms with Gasteiger partial charge < -0.3 is 4.74 Å². The van der Waals surface area contributed by atoms with Crippen molar-refractivity contribution in [3.05, 3.63) is 89.3 Å². The molecule has 150 valence electrons. The van der Waals surface area contributed by atoms with Gasteiger partial charge >= 0.3 is 0 Å². The standard InChI is InChI=1S/C25H23F3O/c1-3-5-6-7-17-8-14-21-19(16-17)11-15-22(24(21)27)25(28)23(26)18-9-12-20(13-10-18)29-4-2/h3,5,8-16H,4,6-7H2,1-2H3/b5-3+,25-23?. The molecule has 0 saturated heterocycles. The zero-order chi connectivity index (χ0) is 20.8. The maximum atomic E-state index is 14.9. The molecular formula is C25H23F3O. The van der Waals surface area contributed by atoms with Crippen LogP contribution in [0.5, 0.6) is 5.75 Å². The van der Waals surface area contributed by atoms with E-state index in [9.17, 15) is 13.2 Å². The van der Waals surface area contributed by atoms with Crippen molar-refractivity contribution in [2.45, 2.75) is 26.7 Å². The molecule has 3 aromatic carbocycles. The van der Waals surface area contributed by atoms with Crippen LogP contribution in [-0.2, 0) is 6.42 Å². The number of hydrogen-bond donors (Lipinski definition) is 0. The Balaban J connectivity index is 1.94. The normalized spacial score (nSPS) is 12.4. The van der Waals surface area contributed by atoms with Crippen molar-refractivity contribution in [1.29, 1.82) is 0 Å². The van der Waals surface area contributed by atoms with Crippen molar-refractivity contribution in [3.63, 3.8) is 0 Å². The topological polar surface area (TPSA) is 9.23 Å². The van der Waals surface area contributed by atoms with Gasteiger partial charge in [-0.05, 0) is 68.0 Å². The summed E-state index contributed by atoms with van der Waals surface area (Å²) in [5, 5.41) is 0.936. The van der Waals surface area contributed by atoms with Crippen LogP contribution in [0, 0.1) is 5.82 Å². The largest absolute Gasteiger partial charge is 0.494 e. The number of rotatable bonds is 7. The highest BCUT2D eigenvalue weighted by Crippen LogP contribution is 2.34. The third-order valence-electron chi connectivity index (χ3n) is 4.70. The van der Waals surface area contributed by atoms with E-state index in [1.165, 1.54) is 18.2 Å². The molecule has 0 aromatic heterocycles. The summed E-state index contributed by atoms with van der Waals surface area (Å²) >= 11 is 0. The van der Waals surface area contributed by atoms with Crippen molar-refractivity contribution >= 4 is 22.4 Å². The minimum absolute atomic E-state index is 0.0322. The van der Waals surface area contributed by atoms with Crippen molar-refractivity contribution in [1.82, 2.24) is 0 Å². The molecule has 0 aliphatic rings. The first-order valence-electron chi connectivity index (χ1n) is 9.66. The van der Waals surface area contributed by atoms with Gasteiger partial charge in [-0.25, -0.2) is 13.2 Å². The zero-order valence-electron chi connectivity index (χ0n) is 16.5. The Labute approximate surface area is 169 Å². The molecule has 29 heavy (non-hydrogen) atoms. The summed E-state index contributed by atoms with van der Waals surface area (Å²) < 4.78 is 49.6. The minimum Gasteiger partial charge on any atom is -0.494 e. The molecular weight excluding hydrogens is 373 g/mol. The Bertz CT molecular complexity index is 1050. The molecule has 3 aromatic rings. The molecule has 1 nitrogen and oxygen atoms in total. The number of allylic oxidation sites excluding steroid dienone is 2. The summed E-state index contributed by atoms with van der Waals surface area (Å²) in [5.41, 5.74) is 0.717. The molecule has 0 bridgehead atoms. The van der Waals surface area contributed by atoms with Crippen LogP contribution in [-0.4, -0.2) is 6.61 Å². The molecule has 0 unspecified atom stereocenters. The zero-order valence-corrected chi connectivity index (χ0v) is 16.5.